The van der Waals surface area contributed by atoms with E-state index in [1.807, 2.05) is 53.1 Å². The molecular formula is C34H33N3O3. The number of nitriles is 1. The molecule has 1 aliphatic rings. The van der Waals surface area contributed by atoms with Crippen LogP contribution in [0.1, 0.15) is 42.0 Å². The van der Waals surface area contributed by atoms with Gasteiger partial charge in [-0.15, -0.1) is 0 Å². The zero-order chi connectivity index (χ0) is 27.9. The fourth-order valence-electron chi connectivity index (χ4n) is 5.33. The van der Waals surface area contributed by atoms with E-state index >= 15 is 0 Å². The standard InChI is InChI=1S/C34H33N3O3/c1-2-40-34(39)24-36(23-27-13-15-28-6-3-4-7-29(28)20-27)31-16-17-32-30(21-31)8-5-19-37(32)33(38)18-14-25-9-11-26(22-35)12-10-25/h3-4,6-7,9-13,15-17,20-21H,2,5,8,14,18-19,23-24H2,1H3. The number of rotatable bonds is 9. The Kier molecular flexibility index (Phi) is 8.41. The SMILES string of the molecule is CCOC(=O)CN(Cc1ccc2ccccc2c1)c1ccc2c(c1)CCCN2C(=O)CCc1ccc(C#N)cc1. The number of aryl methyl sites for hydroxylation is 2. The number of fused-ring (bicyclic) bond motifs is 2. The summed E-state index contributed by atoms with van der Waals surface area (Å²) >= 11 is 0. The number of ether oxygens (including phenoxy) is 1. The van der Waals surface area contributed by atoms with E-state index in [0.29, 0.717) is 38.1 Å². The van der Waals surface area contributed by atoms with Crippen LogP contribution in [-0.2, 0) is 33.7 Å². The van der Waals surface area contributed by atoms with E-state index in [1.165, 1.54) is 5.39 Å². The van der Waals surface area contributed by atoms with Crippen molar-refractivity contribution >= 4 is 34.0 Å². The van der Waals surface area contributed by atoms with Gasteiger partial charge in [0, 0.05) is 30.9 Å². The maximum absolute atomic E-state index is 13.2. The molecule has 1 aliphatic heterocycles. The van der Waals surface area contributed by atoms with E-state index in [1.54, 1.807) is 12.1 Å². The smallest absolute Gasteiger partial charge is 0.325 e. The van der Waals surface area contributed by atoms with E-state index in [-0.39, 0.29) is 18.4 Å². The third-order valence-corrected chi connectivity index (χ3v) is 7.37. The van der Waals surface area contributed by atoms with Gasteiger partial charge in [0.15, 0.2) is 0 Å². The lowest BCUT2D eigenvalue weighted by Crippen LogP contribution is -2.36. The Bertz CT molecular complexity index is 1560. The fourth-order valence-corrected chi connectivity index (χ4v) is 5.33. The Labute approximate surface area is 235 Å². The van der Waals surface area contributed by atoms with Gasteiger partial charge in [-0.2, -0.15) is 5.26 Å². The van der Waals surface area contributed by atoms with Gasteiger partial charge in [0.1, 0.15) is 6.54 Å². The van der Waals surface area contributed by atoms with Crippen molar-refractivity contribution in [2.24, 2.45) is 0 Å². The molecule has 5 rings (SSSR count). The van der Waals surface area contributed by atoms with Gasteiger partial charge in [0.05, 0.1) is 18.2 Å². The molecule has 0 spiro atoms. The van der Waals surface area contributed by atoms with Gasteiger partial charge < -0.3 is 14.5 Å². The first-order chi connectivity index (χ1) is 19.5. The Hall–Kier alpha value is -4.63. The van der Waals surface area contributed by atoms with E-state index in [4.69, 9.17) is 10.00 Å². The van der Waals surface area contributed by atoms with Crippen LogP contribution >= 0.6 is 0 Å². The lowest BCUT2D eigenvalue weighted by Gasteiger charge is -2.32. The quantitative estimate of drug-likeness (QED) is 0.241. The molecule has 0 aliphatic carbocycles. The van der Waals surface area contributed by atoms with Gasteiger partial charge in [0.2, 0.25) is 5.91 Å². The molecule has 0 radical (unpaired) electrons. The van der Waals surface area contributed by atoms with Crippen LogP contribution < -0.4 is 9.80 Å². The van der Waals surface area contributed by atoms with Crippen molar-refractivity contribution < 1.29 is 14.3 Å². The maximum atomic E-state index is 13.2. The molecule has 202 valence electrons. The van der Waals surface area contributed by atoms with Gasteiger partial charge in [-0.25, -0.2) is 0 Å². The number of carbonyl (C=O) groups excluding carboxylic acids is 2. The number of carbonyl (C=O) groups is 2. The summed E-state index contributed by atoms with van der Waals surface area (Å²) in [5.41, 5.74) is 5.77. The second kappa shape index (κ2) is 12.5. The highest BCUT2D eigenvalue weighted by Crippen LogP contribution is 2.32. The lowest BCUT2D eigenvalue weighted by atomic mass is 9.99. The normalized spacial score (nSPS) is 12.4. The zero-order valence-corrected chi connectivity index (χ0v) is 22.8. The molecule has 40 heavy (non-hydrogen) atoms. The van der Waals surface area contributed by atoms with Crippen molar-refractivity contribution in [1.82, 2.24) is 0 Å². The van der Waals surface area contributed by atoms with Crippen LogP contribution in [0.5, 0.6) is 0 Å². The highest BCUT2D eigenvalue weighted by atomic mass is 16.5. The van der Waals surface area contributed by atoms with Crippen LogP contribution in [0.2, 0.25) is 0 Å². The third kappa shape index (κ3) is 6.32. The van der Waals surface area contributed by atoms with Crippen molar-refractivity contribution in [2.45, 2.75) is 39.2 Å². The first-order valence-electron chi connectivity index (χ1n) is 13.8. The first kappa shape index (κ1) is 27.0. The van der Waals surface area contributed by atoms with Gasteiger partial charge in [-0.1, -0.05) is 48.5 Å². The monoisotopic (exact) mass is 531 g/mol. The average molecular weight is 532 g/mol. The number of nitrogens with zero attached hydrogens (tertiary/aromatic N) is 3. The lowest BCUT2D eigenvalue weighted by molar-refractivity contribution is -0.141. The predicted molar refractivity (Wildman–Crippen MR) is 158 cm³/mol. The summed E-state index contributed by atoms with van der Waals surface area (Å²) in [6, 6.07) is 30.3. The number of esters is 1. The Morgan fingerprint density at radius 3 is 2.50 bits per heavy atom. The summed E-state index contributed by atoms with van der Waals surface area (Å²) in [5.74, 6) is -0.168. The summed E-state index contributed by atoms with van der Waals surface area (Å²) in [6.07, 6.45) is 2.81. The summed E-state index contributed by atoms with van der Waals surface area (Å²) in [6.45, 7) is 3.56. The van der Waals surface area contributed by atoms with Crippen molar-refractivity contribution in [1.29, 1.82) is 5.26 Å². The highest BCUT2D eigenvalue weighted by Gasteiger charge is 2.24. The second-order valence-electron chi connectivity index (χ2n) is 10.1. The number of hydrogen-bond donors (Lipinski definition) is 0. The van der Waals surface area contributed by atoms with Crippen LogP contribution in [0.3, 0.4) is 0 Å². The predicted octanol–water partition coefficient (Wildman–Crippen LogP) is 6.19. The summed E-state index contributed by atoms with van der Waals surface area (Å²) < 4.78 is 5.29. The molecule has 0 aromatic heterocycles. The summed E-state index contributed by atoms with van der Waals surface area (Å²) in [7, 11) is 0. The molecule has 4 aromatic carbocycles. The molecule has 6 heteroatoms. The first-order valence-corrected chi connectivity index (χ1v) is 13.8. The third-order valence-electron chi connectivity index (χ3n) is 7.37. The van der Waals surface area contributed by atoms with Crippen molar-refractivity contribution in [3.8, 4) is 6.07 Å². The van der Waals surface area contributed by atoms with E-state index < -0.39 is 0 Å². The number of amides is 1. The summed E-state index contributed by atoms with van der Waals surface area (Å²) in [4.78, 5) is 29.7. The van der Waals surface area contributed by atoms with Gasteiger partial charge in [0.25, 0.3) is 0 Å². The molecule has 0 atom stereocenters. The number of hydrogen-bond acceptors (Lipinski definition) is 5. The van der Waals surface area contributed by atoms with Crippen LogP contribution in [0.15, 0.2) is 84.9 Å². The minimum Gasteiger partial charge on any atom is -0.465 e. The molecule has 0 fully saturated rings. The fraction of sp³-hybridized carbons (Fsp3) is 0.265. The number of benzene rings is 4. The maximum Gasteiger partial charge on any atom is 0.325 e. The minimum atomic E-state index is -0.263. The van der Waals surface area contributed by atoms with Gasteiger partial charge >= 0.3 is 5.97 Å². The number of anilines is 2. The highest BCUT2D eigenvalue weighted by molar-refractivity contribution is 5.95. The largest absolute Gasteiger partial charge is 0.465 e. The minimum absolute atomic E-state index is 0.0950. The molecule has 1 heterocycles. The Morgan fingerprint density at radius 1 is 0.950 bits per heavy atom. The zero-order valence-electron chi connectivity index (χ0n) is 22.8. The van der Waals surface area contributed by atoms with Crippen LogP contribution in [0.4, 0.5) is 11.4 Å². The van der Waals surface area contributed by atoms with E-state index in [2.05, 4.69) is 42.5 Å². The molecule has 0 N–H and O–H groups in total. The average Bonchev–Trinajstić information content (AvgIpc) is 2.99. The van der Waals surface area contributed by atoms with Gasteiger partial charge in [-0.05, 0) is 90.0 Å². The van der Waals surface area contributed by atoms with Crippen molar-refractivity contribution in [3.05, 3.63) is 107 Å². The molecule has 1 amide bonds. The van der Waals surface area contributed by atoms with E-state index in [9.17, 15) is 9.59 Å². The Balaban J connectivity index is 1.35. The van der Waals surface area contributed by atoms with Crippen LogP contribution in [-0.4, -0.2) is 31.6 Å². The molecule has 0 saturated carbocycles. The molecule has 6 nitrogen and oxygen atoms in total. The molecule has 0 unspecified atom stereocenters. The molecule has 0 saturated heterocycles. The van der Waals surface area contributed by atoms with Crippen LogP contribution in [0, 0.1) is 11.3 Å². The summed E-state index contributed by atoms with van der Waals surface area (Å²) in [5, 5.41) is 11.4. The topological polar surface area (TPSA) is 73.6 Å². The molecule has 4 aromatic rings. The van der Waals surface area contributed by atoms with Crippen molar-refractivity contribution in [3.63, 3.8) is 0 Å². The van der Waals surface area contributed by atoms with Gasteiger partial charge in [-0.3, -0.25) is 9.59 Å². The molecule has 0 bridgehead atoms. The van der Waals surface area contributed by atoms with Crippen LogP contribution in [0.25, 0.3) is 10.8 Å². The Morgan fingerprint density at radius 2 is 1.73 bits per heavy atom. The molecular weight excluding hydrogens is 498 g/mol. The second-order valence-corrected chi connectivity index (χ2v) is 10.1. The van der Waals surface area contributed by atoms with E-state index in [0.717, 1.165) is 46.3 Å². The van der Waals surface area contributed by atoms with Crippen molar-refractivity contribution in [2.75, 3.05) is 29.5 Å².